The molecule has 2 atom stereocenters. The van der Waals surface area contributed by atoms with Crippen LogP contribution in [0.5, 0.6) is 5.75 Å². The average Bonchev–Trinajstić information content (AvgIpc) is 2.79. The Morgan fingerprint density at radius 3 is 2.41 bits per heavy atom. The highest BCUT2D eigenvalue weighted by atomic mass is 16.6. The second kappa shape index (κ2) is 9.96. The van der Waals surface area contributed by atoms with Crippen LogP contribution >= 0.6 is 0 Å². The van der Waals surface area contributed by atoms with Gasteiger partial charge < -0.3 is 19.1 Å². The minimum atomic E-state index is -0.574. The first kappa shape index (κ1) is 20.7. The summed E-state index contributed by atoms with van der Waals surface area (Å²) in [6.45, 7) is 0.760. The molecule has 2 aromatic carbocycles. The van der Waals surface area contributed by atoms with Crippen molar-refractivity contribution in [2.45, 2.75) is 37.8 Å². The van der Waals surface area contributed by atoms with Crippen LogP contribution in [0.25, 0.3) is 0 Å². The molecule has 154 valence electrons. The molecule has 2 aromatic rings. The predicted molar refractivity (Wildman–Crippen MR) is 109 cm³/mol. The van der Waals surface area contributed by atoms with Crippen molar-refractivity contribution in [3.8, 4) is 5.75 Å². The van der Waals surface area contributed by atoms with Gasteiger partial charge in [0.15, 0.2) is 0 Å². The van der Waals surface area contributed by atoms with Crippen molar-refractivity contribution in [1.29, 1.82) is 0 Å². The average molecular weight is 397 g/mol. The van der Waals surface area contributed by atoms with E-state index in [-0.39, 0.29) is 18.6 Å². The maximum atomic E-state index is 12.9. The summed E-state index contributed by atoms with van der Waals surface area (Å²) >= 11 is 0. The van der Waals surface area contributed by atoms with E-state index >= 15 is 0 Å². The summed E-state index contributed by atoms with van der Waals surface area (Å²) in [5.74, 6) is -0.224. The number of benzene rings is 2. The Bertz CT molecular complexity index is 806. The number of ether oxygens (including phenoxy) is 3. The summed E-state index contributed by atoms with van der Waals surface area (Å²) in [6, 6.07) is 16.6. The fourth-order valence-electron chi connectivity index (χ4n) is 3.79. The minimum Gasteiger partial charge on any atom is -0.497 e. The van der Waals surface area contributed by atoms with Gasteiger partial charge in [-0.1, -0.05) is 42.5 Å². The maximum Gasteiger partial charge on any atom is 0.410 e. The van der Waals surface area contributed by atoms with Gasteiger partial charge >= 0.3 is 12.1 Å². The monoisotopic (exact) mass is 397 g/mol. The third kappa shape index (κ3) is 5.08. The lowest BCUT2D eigenvalue weighted by Crippen LogP contribution is -2.49. The summed E-state index contributed by atoms with van der Waals surface area (Å²) in [5.41, 5.74) is 1.72. The molecular weight excluding hydrogens is 370 g/mol. The van der Waals surface area contributed by atoms with E-state index in [1.54, 1.807) is 12.0 Å². The number of esters is 1. The maximum absolute atomic E-state index is 12.9. The zero-order valence-electron chi connectivity index (χ0n) is 16.9. The molecule has 1 aliphatic rings. The Morgan fingerprint density at radius 1 is 1.03 bits per heavy atom. The number of likely N-dealkylation sites (tertiary alicyclic amines) is 1. The third-order valence-corrected chi connectivity index (χ3v) is 5.30. The van der Waals surface area contributed by atoms with E-state index in [9.17, 15) is 9.59 Å². The zero-order chi connectivity index (χ0) is 20.6. The smallest absolute Gasteiger partial charge is 0.410 e. The van der Waals surface area contributed by atoms with E-state index in [4.69, 9.17) is 14.2 Å². The summed E-state index contributed by atoms with van der Waals surface area (Å²) in [5, 5.41) is 0. The summed E-state index contributed by atoms with van der Waals surface area (Å²) in [4.78, 5) is 27.2. The Labute approximate surface area is 171 Å². The molecule has 0 spiro atoms. The molecule has 1 amide bonds. The predicted octanol–water partition coefficient (Wildman–Crippen LogP) is 4.14. The van der Waals surface area contributed by atoms with Crippen molar-refractivity contribution in [3.05, 3.63) is 65.7 Å². The van der Waals surface area contributed by atoms with Crippen LogP contribution < -0.4 is 4.74 Å². The lowest BCUT2D eigenvalue weighted by molar-refractivity contribution is -0.144. The molecule has 0 saturated carbocycles. The standard InChI is InChI=1S/C23H27NO5/c1-27-19-13-11-18(12-14-19)21(22(25)28-2)20-10-6-7-15-24(20)23(26)29-16-17-8-4-3-5-9-17/h3-5,8-9,11-14,20-21H,6-7,10,15-16H2,1-2H3/t20-,21+/m0/s1. The van der Waals surface area contributed by atoms with E-state index in [0.29, 0.717) is 18.7 Å². The molecule has 3 rings (SSSR count). The first-order valence-corrected chi connectivity index (χ1v) is 9.83. The largest absolute Gasteiger partial charge is 0.497 e. The SMILES string of the molecule is COC(=O)[C@H](c1ccc(OC)cc1)[C@@H]1CCCCN1C(=O)OCc1ccccc1. The van der Waals surface area contributed by atoms with Crippen molar-refractivity contribution in [1.82, 2.24) is 4.90 Å². The van der Waals surface area contributed by atoms with Gasteiger partial charge in [0.05, 0.1) is 20.3 Å². The fraction of sp³-hybridized carbons (Fsp3) is 0.391. The topological polar surface area (TPSA) is 65.1 Å². The van der Waals surface area contributed by atoms with Crippen LogP contribution in [0.3, 0.4) is 0 Å². The highest BCUT2D eigenvalue weighted by molar-refractivity contribution is 5.80. The summed E-state index contributed by atoms with van der Waals surface area (Å²) in [6.07, 6.45) is 2.14. The second-order valence-corrected chi connectivity index (χ2v) is 7.07. The quantitative estimate of drug-likeness (QED) is 0.686. The number of amides is 1. The molecular formula is C23H27NO5. The van der Waals surface area contributed by atoms with Gasteiger partial charge in [-0.2, -0.15) is 0 Å². The molecule has 1 aliphatic heterocycles. The molecule has 6 nitrogen and oxygen atoms in total. The first-order chi connectivity index (χ1) is 14.1. The van der Waals surface area contributed by atoms with Crippen molar-refractivity contribution < 1.29 is 23.8 Å². The van der Waals surface area contributed by atoms with Gasteiger partial charge in [-0.25, -0.2) is 4.79 Å². The molecule has 1 heterocycles. The molecule has 1 fully saturated rings. The van der Waals surface area contributed by atoms with E-state index in [0.717, 1.165) is 24.0 Å². The van der Waals surface area contributed by atoms with Crippen LogP contribution in [0.1, 0.15) is 36.3 Å². The number of piperidine rings is 1. The Morgan fingerprint density at radius 2 is 1.76 bits per heavy atom. The van der Waals surface area contributed by atoms with Crippen LogP contribution in [0.4, 0.5) is 4.79 Å². The first-order valence-electron chi connectivity index (χ1n) is 9.83. The van der Waals surface area contributed by atoms with Gasteiger partial charge in [-0.05, 0) is 42.5 Å². The summed E-state index contributed by atoms with van der Waals surface area (Å²) in [7, 11) is 2.97. The van der Waals surface area contributed by atoms with Gasteiger partial charge in [0.1, 0.15) is 18.3 Å². The number of hydrogen-bond acceptors (Lipinski definition) is 5. The molecule has 0 aromatic heterocycles. The van der Waals surface area contributed by atoms with Gasteiger partial charge in [0.25, 0.3) is 0 Å². The van der Waals surface area contributed by atoms with Crippen LogP contribution in [-0.4, -0.2) is 43.8 Å². The summed E-state index contributed by atoms with van der Waals surface area (Å²) < 4.78 is 15.8. The Hall–Kier alpha value is -3.02. The lowest BCUT2D eigenvalue weighted by atomic mass is 9.85. The molecule has 0 bridgehead atoms. The molecule has 29 heavy (non-hydrogen) atoms. The minimum absolute atomic E-state index is 0.203. The number of rotatable bonds is 6. The normalized spacial score (nSPS) is 17.3. The number of nitrogens with zero attached hydrogens (tertiary/aromatic N) is 1. The van der Waals surface area contributed by atoms with Crippen LogP contribution in [0.2, 0.25) is 0 Å². The van der Waals surface area contributed by atoms with E-state index in [2.05, 4.69) is 0 Å². The number of hydrogen-bond donors (Lipinski definition) is 0. The third-order valence-electron chi connectivity index (χ3n) is 5.30. The Kier molecular flexibility index (Phi) is 7.11. The van der Waals surface area contributed by atoms with Crippen LogP contribution in [0.15, 0.2) is 54.6 Å². The second-order valence-electron chi connectivity index (χ2n) is 7.07. The zero-order valence-corrected chi connectivity index (χ0v) is 16.9. The van der Waals surface area contributed by atoms with Gasteiger partial charge in [-0.3, -0.25) is 4.79 Å². The number of methoxy groups -OCH3 is 2. The lowest BCUT2D eigenvalue weighted by Gasteiger charge is -2.38. The molecule has 0 unspecified atom stereocenters. The number of carbonyl (C=O) groups excluding carboxylic acids is 2. The molecule has 0 radical (unpaired) electrons. The van der Waals surface area contributed by atoms with E-state index < -0.39 is 12.0 Å². The van der Waals surface area contributed by atoms with Gasteiger partial charge in [-0.15, -0.1) is 0 Å². The van der Waals surface area contributed by atoms with Crippen LogP contribution in [0, 0.1) is 0 Å². The fourth-order valence-corrected chi connectivity index (χ4v) is 3.79. The van der Waals surface area contributed by atoms with Crippen LogP contribution in [-0.2, 0) is 20.9 Å². The van der Waals surface area contributed by atoms with Crippen molar-refractivity contribution in [2.24, 2.45) is 0 Å². The molecule has 0 N–H and O–H groups in total. The van der Waals surface area contributed by atoms with Crippen molar-refractivity contribution in [2.75, 3.05) is 20.8 Å². The van der Waals surface area contributed by atoms with E-state index in [1.807, 2.05) is 54.6 Å². The van der Waals surface area contributed by atoms with Gasteiger partial charge in [0, 0.05) is 6.54 Å². The van der Waals surface area contributed by atoms with Crippen molar-refractivity contribution in [3.63, 3.8) is 0 Å². The van der Waals surface area contributed by atoms with Gasteiger partial charge in [0.2, 0.25) is 0 Å². The van der Waals surface area contributed by atoms with Crippen molar-refractivity contribution >= 4 is 12.1 Å². The highest BCUT2D eigenvalue weighted by Gasteiger charge is 2.39. The Balaban J connectivity index is 1.80. The molecule has 0 aliphatic carbocycles. The molecule has 6 heteroatoms. The number of carbonyl (C=O) groups is 2. The highest BCUT2D eigenvalue weighted by Crippen LogP contribution is 2.33. The molecule has 1 saturated heterocycles. The van der Waals surface area contributed by atoms with E-state index in [1.165, 1.54) is 7.11 Å².